The van der Waals surface area contributed by atoms with Crippen LogP contribution in [0.4, 0.5) is 0 Å². The van der Waals surface area contributed by atoms with Crippen molar-refractivity contribution in [2.45, 2.75) is 25.0 Å². The quantitative estimate of drug-likeness (QED) is 0.799. The van der Waals surface area contributed by atoms with Crippen molar-refractivity contribution in [3.63, 3.8) is 0 Å². The van der Waals surface area contributed by atoms with Crippen LogP contribution in [0.25, 0.3) is 0 Å². The second kappa shape index (κ2) is 7.96. The second-order valence-corrected chi connectivity index (χ2v) is 6.71. The molecule has 1 saturated heterocycles. The molecule has 1 aliphatic rings. The minimum atomic E-state index is -0.147. The Morgan fingerprint density at radius 3 is 2.88 bits per heavy atom. The summed E-state index contributed by atoms with van der Waals surface area (Å²) in [6, 6.07) is 7.57. The fraction of sp³-hybridized carbons (Fsp3) is 0.412. The van der Waals surface area contributed by atoms with E-state index in [2.05, 4.69) is 15.6 Å². The topological polar surface area (TPSA) is 51.1 Å². The number of aryl methyl sites for hydroxylation is 1. The van der Waals surface area contributed by atoms with Crippen molar-refractivity contribution in [3.8, 4) is 0 Å². The van der Waals surface area contributed by atoms with Crippen molar-refractivity contribution in [2.24, 2.45) is 7.05 Å². The van der Waals surface area contributed by atoms with E-state index >= 15 is 0 Å². The van der Waals surface area contributed by atoms with Gasteiger partial charge in [-0.2, -0.15) is 0 Å². The minimum Gasteiger partial charge on any atom is -0.376 e. The third kappa shape index (κ3) is 4.26. The first-order valence-electron chi connectivity index (χ1n) is 8.02. The lowest BCUT2D eigenvalue weighted by molar-refractivity contribution is 0.114. The van der Waals surface area contributed by atoms with Gasteiger partial charge in [-0.3, -0.25) is 0 Å². The molecule has 2 heterocycles. The van der Waals surface area contributed by atoms with Crippen LogP contribution in [-0.4, -0.2) is 33.9 Å². The number of halogens is 1. The van der Waals surface area contributed by atoms with Crippen LogP contribution in [0, 0.1) is 0 Å². The molecule has 2 N–H and O–H groups in total. The molecule has 1 aliphatic heterocycles. The fourth-order valence-corrected chi connectivity index (χ4v) is 3.13. The third-order valence-electron chi connectivity index (χ3n) is 4.11. The first-order valence-corrected chi connectivity index (χ1v) is 8.81. The third-order valence-corrected chi connectivity index (χ3v) is 4.62. The predicted octanol–water partition coefficient (Wildman–Crippen LogP) is 2.81. The SMILES string of the molecule is Cn1ccnc1[C@@H](NC(=S)NC[C@@H]1CCCO1)c1ccc(Cl)cc1. The maximum Gasteiger partial charge on any atom is 0.167 e. The number of rotatable bonds is 5. The van der Waals surface area contributed by atoms with Crippen LogP contribution < -0.4 is 10.6 Å². The molecule has 0 saturated carbocycles. The Hall–Kier alpha value is -1.63. The van der Waals surface area contributed by atoms with Crippen LogP contribution in [-0.2, 0) is 11.8 Å². The molecule has 0 spiro atoms. The predicted molar refractivity (Wildman–Crippen MR) is 99.2 cm³/mol. The summed E-state index contributed by atoms with van der Waals surface area (Å²) >= 11 is 11.5. The van der Waals surface area contributed by atoms with E-state index in [4.69, 9.17) is 28.6 Å². The molecule has 7 heteroatoms. The van der Waals surface area contributed by atoms with Crippen molar-refractivity contribution in [3.05, 3.63) is 53.1 Å². The largest absolute Gasteiger partial charge is 0.376 e. The Labute approximate surface area is 152 Å². The number of thiocarbonyl (C=S) groups is 1. The summed E-state index contributed by atoms with van der Waals surface area (Å²) in [5.74, 6) is 0.888. The fourth-order valence-electron chi connectivity index (χ4n) is 2.80. The van der Waals surface area contributed by atoms with Crippen LogP contribution in [0.2, 0.25) is 5.02 Å². The molecule has 0 bridgehead atoms. The van der Waals surface area contributed by atoms with E-state index in [9.17, 15) is 0 Å². The number of aromatic nitrogens is 2. The smallest absolute Gasteiger partial charge is 0.167 e. The molecular weight excluding hydrogens is 344 g/mol. The number of nitrogens with zero attached hydrogens (tertiary/aromatic N) is 2. The Morgan fingerprint density at radius 2 is 2.25 bits per heavy atom. The number of benzene rings is 1. The molecule has 0 radical (unpaired) electrons. The van der Waals surface area contributed by atoms with Gasteiger partial charge in [-0.1, -0.05) is 23.7 Å². The highest BCUT2D eigenvalue weighted by Gasteiger charge is 2.20. The van der Waals surface area contributed by atoms with Gasteiger partial charge in [0.25, 0.3) is 0 Å². The summed E-state index contributed by atoms with van der Waals surface area (Å²) in [4.78, 5) is 4.46. The van der Waals surface area contributed by atoms with Crippen LogP contribution in [0.3, 0.4) is 0 Å². The summed E-state index contributed by atoms with van der Waals surface area (Å²) in [5.41, 5.74) is 1.05. The Bertz CT molecular complexity index is 682. The first-order chi connectivity index (χ1) is 11.6. The number of ether oxygens (including phenoxy) is 1. The Balaban J connectivity index is 1.71. The van der Waals surface area contributed by atoms with E-state index in [1.807, 2.05) is 42.1 Å². The molecule has 3 rings (SSSR count). The number of hydrogen-bond acceptors (Lipinski definition) is 3. The van der Waals surface area contributed by atoms with Crippen molar-refractivity contribution in [1.29, 1.82) is 0 Å². The van der Waals surface area contributed by atoms with E-state index in [0.29, 0.717) is 10.1 Å². The maximum atomic E-state index is 6.01. The molecule has 5 nitrogen and oxygen atoms in total. The van der Waals surface area contributed by atoms with Crippen molar-refractivity contribution in [1.82, 2.24) is 20.2 Å². The lowest BCUT2D eigenvalue weighted by Crippen LogP contribution is -2.42. The summed E-state index contributed by atoms with van der Waals surface area (Å²) in [6.07, 6.45) is 6.14. The highest BCUT2D eigenvalue weighted by Crippen LogP contribution is 2.22. The zero-order valence-corrected chi connectivity index (χ0v) is 15.1. The van der Waals surface area contributed by atoms with Gasteiger partial charge < -0.3 is 19.9 Å². The molecule has 128 valence electrons. The van der Waals surface area contributed by atoms with Gasteiger partial charge in [-0.15, -0.1) is 0 Å². The van der Waals surface area contributed by atoms with Gasteiger partial charge in [0.05, 0.1) is 6.10 Å². The van der Waals surface area contributed by atoms with E-state index in [1.54, 1.807) is 6.20 Å². The van der Waals surface area contributed by atoms with Gasteiger partial charge in [0, 0.05) is 37.6 Å². The number of imidazole rings is 1. The molecule has 1 aromatic carbocycles. The Kier molecular flexibility index (Phi) is 5.71. The van der Waals surface area contributed by atoms with E-state index in [1.165, 1.54) is 0 Å². The molecule has 1 fully saturated rings. The van der Waals surface area contributed by atoms with Gasteiger partial charge in [0.15, 0.2) is 5.11 Å². The van der Waals surface area contributed by atoms with E-state index in [-0.39, 0.29) is 12.1 Å². The molecule has 24 heavy (non-hydrogen) atoms. The van der Waals surface area contributed by atoms with Gasteiger partial charge >= 0.3 is 0 Å². The molecule has 2 aromatic rings. The summed E-state index contributed by atoms with van der Waals surface area (Å²) in [6.45, 7) is 1.56. The molecule has 1 aromatic heterocycles. The molecular formula is C17H21ClN4OS. The monoisotopic (exact) mass is 364 g/mol. The normalized spacial score (nSPS) is 18.3. The minimum absolute atomic E-state index is 0.147. The lowest BCUT2D eigenvalue weighted by atomic mass is 10.1. The molecule has 0 amide bonds. The second-order valence-electron chi connectivity index (χ2n) is 5.87. The van der Waals surface area contributed by atoms with Crippen LogP contribution >= 0.6 is 23.8 Å². The average molecular weight is 365 g/mol. The highest BCUT2D eigenvalue weighted by molar-refractivity contribution is 7.80. The van der Waals surface area contributed by atoms with Crippen molar-refractivity contribution in [2.75, 3.05) is 13.2 Å². The van der Waals surface area contributed by atoms with Crippen LogP contribution in [0.1, 0.15) is 30.3 Å². The number of hydrogen-bond donors (Lipinski definition) is 2. The summed E-state index contributed by atoms with van der Waals surface area (Å²) in [5, 5.41) is 7.90. The zero-order valence-electron chi connectivity index (χ0n) is 13.5. The molecule has 2 atom stereocenters. The van der Waals surface area contributed by atoms with Gasteiger partial charge in [0.2, 0.25) is 0 Å². The zero-order chi connectivity index (χ0) is 16.9. The standard InChI is InChI=1S/C17H21ClN4OS/c1-22-9-8-19-16(22)15(12-4-6-13(18)7-5-12)21-17(24)20-11-14-3-2-10-23-14/h4-9,14-15H,2-3,10-11H2,1H3,(H2,20,21,24)/t14-,15-/m0/s1. The van der Waals surface area contributed by atoms with Crippen molar-refractivity contribution < 1.29 is 4.74 Å². The summed E-state index contributed by atoms with van der Waals surface area (Å²) < 4.78 is 7.60. The van der Waals surface area contributed by atoms with E-state index in [0.717, 1.165) is 37.4 Å². The average Bonchev–Trinajstić information content (AvgIpc) is 3.23. The summed E-state index contributed by atoms with van der Waals surface area (Å²) in [7, 11) is 1.97. The van der Waals surface area contributed by atoms with Crippen molar-refractivity contribution >= 4 is 28.9 Å². The van der Waals surface area contributed by atoms with E-state index < -0.39 is 0 Å². The molecule has 0 aliphatic carbocycles. The van der Waals surface area contributed by atoms with Crippen LogP contribution in [0.5, 0.6) is 0 Å². The Morgan fingerprint density at radius 1 is 1.46 bits per heavy atom. The lowest BCUT2D eigenvalue weighted by Gasteiger charge is -2.22. The van der Waals surface area contributed by atoms with Gasteiger partial charge in [-0.25, -0.2) is 4.98 Å². The maximum absolute atomic E-state index is 6.01. The first kappa shape index (κ1) is 17.2. The van der Waals surface area contributed by atoms with Gasteiger partial charge in [-0.05, 0) is 42.8 Å². The highest BCUT2D eigenvalue weighted by atomic mass is 35.5. The van der Waals surface area contributed by atoms with Crippen LogP contribution in [0.15, 0.2) is 36.7 Å². The molecule has 0 unspecified atom stereocenters. The van der Waals surface area contributed by atoms with Gasteiger partial charge in [0.1, 0.15) is 11.9 Å². The number of nitrogens with one attached hydrogen (secondary N) is 2.